The van der Waals surface area contributed by atoms with Crippen molar-refractivity contribution in [3.05, 3.63) is 71.8 Å². The van der Waals surface area contributed by atoms with Crippen molar-refractivity contribution in [3.63, 3.8) is 0 Å². The molecule has 0 spiro atoms. The van der Waals surface area contributed by atoms with Crippen LogP contribution in [0, 0.1) is 0 Å². The maximum atomic E-state index is 12.1. The molecule has 2 heteroatoms. The summed E-state index contributed by atoms with van der Waals surface area (Å²) < 4.78 is 5.62. The average Bonchev–Trinajstić information content (AvgIpc) is 2.48. The van der Waals surface area contributed by atoms with Crippen LogP contribution >= 0.6 is 0 Å². The number of carbonyl (C=O) groups excluding carboxylic acids is 1. The lowest BCUT2D eigenvalue weighted by atomic mass is 10.1. The highest BCUT2D eigenvalue weighted by atomic mass is 16.5. The minimum Gasteiger partial charge on any atom is -0.454 e. The summed E-state index contributed by atoms with van der Waals surface area (Å²) in [6.45, 7) is 2.09. The molecule has 98 valence electrons. The van der Waals surface area contributed by atoms with E-state index < -0.39 is 0 Å². The van der Waals surface area contributed by atoms with Gasteiger partial charge in [0.2, 0.25) is 0 Å². The largest absolute Gasteiger partial charge is 0.454 e. The quantitative estimate of drug-likeness (QED) is 0.740. The van der Waals surface area contributed by atoms with Gasteiger partial charge in [0.1, 0.15) is 6.10 Å². The van der Waals surface area contributed by atoms with Gasteiger partial charge in [-0.05, 0) is 24.1 Å². The molecular weight excluding hydrogens is 236 g/mol. The number of rotatable bonds is 5. The van der Waals surface area contributed by atoms with E-state index in [-0.39, 0.29) is 12.1 Å². The van der Waals surface area contributed by atoms with Gasteiger partial charge in [0.05, 0.1) is 5.56 Å². The Morgan fingerprint density at radius 1 is 1.00 bits per heavy atom. The van der Waals surface area contributed by atoms with Gasteiger partial charge >= 0.3 is 5.97 Å². The maximum absolute atomic E-state index is 12.1. The highest BCUT2D eigenvalue weighted by Crippen LogP contribution is 2.23. The number of esters is 1. The second kappa shape index (κ2) is 6.74. The SMILES string of the molecule is CCCC(OC(=O)c1ccccc1)c1ccccc1. The fourth-order valence-corrected chi connectivity index (χ4v) is 1.99. The highest BCUT2D eigenvalue weighted by molar-refractivity contribution is 5.89. The van der Waals surface area contributed by atoms with Gasteiger partial charge in [-0.3, -0.25) is 0 Å². The molecule has 0 bridgehead atoms. The van der Waals surface area contributed by atoms with E-state index in [0.29, 0.717) is 5.56 Å². The predicted molar refractivity (Wildman–Crippen MR) is 75.9 cm³/mol. The minimum absolute atomic E-state index is 0.168. The molecule has 2 rings (SSSR count). The van der Waals surface area contributed by atoms with Crippen LogP contribution in [0.2, 0.25) is 0 Å². The van der Waals surface area contributed by atoms with Gasteiger partial charge in [-0.2, -0.15) is 0 Å². The van der Waals surface area contributed by atoms with Crippen molar-refractivity contribution in [1.29, 1.82) is 0 Å². The Labute approximate surface area is 114 Å². The van der Waals surface area contributed by atoms with Crippen molar-refractivity contribution in [3.8, 4) is 0 Å². The summed E-state index contributed by atoms with van der Waals surface area (Å²) in [6, 6.07) is 19.0. The molecule has 1 atom stereocenters. The van der Waals surface area contributed by atoms with Crippen LogP contribution in [-0.4, -0.2) is 5.97 Å². The molecule has 0 amide bonds. The Balaban J connectivity index is 2.11. The Morgan fingerprint density at radius 2 is 1.58 bits per heavy atom. The summed E-state index contributed by atoms with van der Waals surface area (Å²) in [5, 5.41) is 0. The van der Waals surface area contributed by atoms with E-state index in [0.717, 1.165) is 18.4 Å². The topological polar surface area (TPSA) is 26.3 Å². The molecule has 0 saturated heterocycles. The highest BCUT2D eigenvalue weighted by Gasteiger charge is 2.16. The molecule has 2 aromatic carbocycles. The smallest absolute Gasteiger partial charge is 0.338 e. The van der Waals surface area contributed by atoms with Crippen LogP contribution in [0.25, 0.3) is 0 Å². The van der Waals surface area contributed by atoms with Gasteiger partial charge in [0.25, 0.3) is 0 Å². The zero-order valence-electron chi connectivity index (χ0n) is 11.1. The summed E-state index contributed by atoms with van der Waals surface area (Å²) in [6.07, 6.45) is 1.64. The Bertz CT molecular complexity index is 505. The monoisotopic (exact) mass is 254 g/mol. The van der Waals surface area contributed by atoms with Crippen LogP contribution < -0.4 is 0 Å². The van der Waals surface area contributed by atoms with Crippen molar-refractivity contribution >= 4 is 5.97 Å². The Kier molecular flexibility index (Phi) is 4.73. The molecular formula is C17H18O2. The molecule has 0 aliphatic heterocycles. The summed E-state index contributed by atoms with van der Waals surface area (Å²) in [5.74, 6) is -0.261. The summed E-state index contributed by atoms with van der Waals surface area (Å²) in [5.41, 5.74) is 1.65. The van der Waals surface area contributed by atoms with Gasteiger partial charge < -0.3 is 4.74 Å². The molecule has 0 aliphatic carbocycles. The number of hydrogen-bond donors (Lipinski definition) is 0. The zero-order chi connectivity index (χ0) is 13.5. The Hall–Kier alpha value is -2.09. The molecule has 19 heavy (non-hydrogen) atoms. The Morgan fingerprint density at radius 3 is 2.16 bits per heavy atom. The number of hydrogen-bond acceptors (Lipinski definition) is 2. The summed E-state index contributed by atoms with van der Waals surface area (Å²) in [4.78, 5) is 12.1. The van der Waals surface area contributed by atoms with Gasteiger partial charge in [-0.1, -0.05) is 61.9 Å². The van der Waals surface area contributed by atoms with Gasteiger partial charge in [-0.25, -0.2) is 4.79 Å². The molecule has 0 fully saturated rings. The molecule has 1 unspecified atom stereocenters. The van der Waals surface area contributed by atoms with Crippen molar-refractivity contribution < 1.29 is 9.53 Å². The molecule has 0 aliphatic rings. The molecule has 0 saturated carbocycles. The molecule has 2 aromatic rings. The van der Waals surface area contributed by atoms with Gasteiger partial charge in [0, 0.05) is 0 Å². The first-order chi connectivity index (χ1) is 9.31. The predicted octanol–water partition coefficient (Wildman–Crippen LogP) is 4.38. The van der Waals surface area contributed by atoms with E-state index in [1.54, 1.807) is 12.1 Å². The van der Waals surface area contributed by atoms with Crippen LogP contribution in [0.15, 0.2) is 60.7 Å². The lowest BCUT2D eigenvalue weighted by Gasteiger charge is -2.17. The van der Waals surface area contributed by atoms with Crippen LogP contribution in [0.3, 0.4) is 0 Å². The van der Waals surface area contributed by atoms with Gasteiger partial charge in [0.15, 0.2) is 0 Å². The van der Waals surface area contributed by atoms with E-state index >= 15 is 0 Å². The first-order valence-electron chi connectivity index (χ1n) is 6.62. The average molecular weight is 254 g/mol. The third kappa shape index (κ3) is 3.68. The van der Waals surface area contributed by atoms with Crippen molar-refractivity contribution in [2.75, 3.05) is 0 Å². The third-order valence-electron chi connectivity index (χ3n) is 2.98. The summed E-state index contributed by atoms with van der Waals surface area (Å²) in [7, 11) is 0. The molecule has 0 aromatic heterocycles. The summed E-state index contributed by atoms with van der Waals surface area (Å²) >= 11 is 0. The third-order valence-corrected chi connectivity index (χ3v) is 2.98. The zero-order valence-corrected chi connectivity index (χ0v) is 11.1. The maximum Gasteiger partial charge on any atom is 0.338 e. The second-order valence-corrected chi connectivity index (χ2v) is 4.46. The van der Waals surface area contributed by atoms with E-state index in [1.807, 2.05) is 48.5 Å². The molecule has 2 nitrogen and oxygen atoms in total. The van der Waals surface area contributed by atoms with E-state index in [4.69, 9.17) is 4.74 Å². The first kappa shape index (κ1) is 13.3. The fourth-order valence-electron chi connectivity index (χ4n) is 1.99. The number of benzene rings is 2. The van der Waals surface area contributed by atoms with Gasteiger partial charge in [-0.15, -0.1) is 0 Å². The normalized spacial score (nSPS) is 11.8. The van der Waals surface area contributed by atoms with E-state index in [2.05, 4.69) is 6.92 Å². The van der Waals surface area contributed by atoms with Crippen LogP contribution in [0.4, 0.5) is 0 Å². The van der Waals surface area contributed by atoms with E-state index in [1.165, 1.54) is 0 Å². The van der Waals surface area contributed by atoms with Crippen molar-refractivity contribution in [2.24, 2.45) is 0 Å². The fraction of sp³-hybridized carbons (Fsp3) is 0.235. The minimum atomic E-state index is -0.261. The van der Waals surface area contributed by atoms with Crippen molar-refractivity contribution in [2.45, 2.75) is 25.9 Å². The van der Waals surface area contributed by atoms with Crippen LogP contribution in [0.1, 0.15) is 41.8 Å². The van der Waals surface area contributed by atoms with E-state index in [9.17, 15) is 4.79 Å². The molecule has 0 radical (unpaired) electrons. The first-order valence-corrected chi connectivity index (χ1v) is 6.62. The lowest BCUT2D eigenvalue weighted by molar-refractivity contribution is 0.0275. The molecule has 0 heterocycles. The lowest BCUT2D eigenvalue weighted by Crippen LogP contribution is -2.11. The number of ether oxygens (including phenoxy) is 1. The van der Waals surface area contributed by atoms with Crippen LogP contribution in [0.5, 0.6) is 0 Å². The second-order valence-electron chi connectivity index (χ2n) is 4.46. The molecule has 0 N–H and O–H groups in total. The van der Waals surface area contributed by atoms with Crippen LogP contribution in [-0.2, 0) is 4.74 Å². The van der Waals surface area contributed by atoms with Crippen molar-refractivity contribution in [1.82, 2.24) is 0 Å². The standard InChI is InChI=1S/C17H18O2/c1-2-9-16(14-10-5-3-6-11-14)19-17(18)15-12-7-4-8-13-15/h3-8,10-13,16H,2,9H2,1H3. The number of carbonyl (C=O) groups is 1.